The van der Waals surface area contributed by atoms with Crippen molar-refractivity contribution in [1.29, 1.82) is 0 Å². The minimum Gasteiger partial charge on any atom is -0.368 e. The maximum absolute atomic E-state index is 5.90. The van der Waals surface area contributed by atoms with Gasteiger partial charge in [0.15, 0.2) is 11.6 Å². The van der Waals surface area contributed by atoms with Gasteiger partial charge in [0.1, 0.15) is 6.10 Å². The molecule has 132 valence electrons. The molecule has 0 aromatic carbocycles. The van der Waals surface area contributed by atoms with Crippen LogP contribution < -0.4 is 0 Å². The number of aromatic amines is 1. The van der Waals surface area contributed by atoms with E-state index in [9.17, 15) is 0 Å². The molecule has 1 atom stereocenters. The highest BCUT2D eigenvalue weighted by Crippen LogP contribution is 2.23. The summed E-state index contributed by atoms with van der Waals surface area (Å²) in [5.41, 5.74) is 1.03. The molecule has 0 amide bonds. The molecule has 1 aliphatic heterocycles. The van der Waals surface area contributed by atoms with Gasteiger partial charge in [-0.3, -0.25) is 14.7 Å². The first-order chi connectivity index (χ1) is 11.3. The van der Waals surface area contributed by atoms with Crippen LogP contribution in [0.25, 0.3) is 0 Å². The Hall–Kier alpha value is -1.73. The topological polar surface area (TPSA) is 71.9 Å². The molecular weight excluding hydrogens is 304 g/mol. The van der Waals surface area contributed by atoms with Gasteiger partial charge in [0.2, 0.25) is 0 Å². The van der Waals surface area contributed by atoms with E-state index in [0.717, 1.165) is 37.0 Å². The van der Waals surface area contributed by atoms with Gasteiger partial charge in [-0.1, -0.05) is 20.8 Å². The molecule has 3 rings (SSSR count). The molecule has 2 aromatic heterocycles. The highest BCUT2D eigenvalue weighted by Gasteiger charge is 2.27. The van der Waals surface area contributed by atoms with Crippen LogP contribution in [0.5, 0.6) is 0 Å². The van der Waals surface area contributed by atoms with Crippen LogP contribution in [0.3, 0.4) is 0 Å². The maximum Gasteiger partial charge on any atom is 0.156 e. The van der Waals surface area contributed by atoms with E-state index in [2.05, 4.69) is 65.9 Å². The molecule has 0 spiro atoms. The van der Waals surface area contributed by atoms with Crippen molar-refractivity contribution in [2.24, 2.45) is 0 Å². The zero-order chi connectivity index (χ0) is 17.3. The lowest BCUT2D eigenvalue weighted by Crippen LogP contribution is -2.38. The highest BCUT2D eigenvalue weighted by atomic mass is 16.5. The van der Waals surface area contributed by atoms with E-state index in [4.69, 9.17) is 4.74 Å². The second-order valence-corrected chi connectivity index (χ2v) is 7.77. The predicted molar refractivity (Wildman–Crippen MR) is 91.7 cm³/mol. The average molecular weight is 332 g/mol. The lowest BCUT2D eigenvalue weighted by Gasteiger charge is -2.31. The molecule has 0 aliphatic carbocycles. The monoisotopic (exact) mass is 332 g/mol. The van der Waals surface area contributed by atoms with Crippen LogP contribution in [-0.2, 0) is 16.7 Å². The fraction of sp³-hybridized carbons (Fsp3) is 0.706. The summed E-state index contributed by atoms with van der Waals surface area (Å²) in [4.78, 5) is 7.00. The molecule has 0 bridgehead atoms. The molecule has 0 radical (unpaired) electrons. The zero-order valence-electron chi connectivity index (χ0n) is 15.3. The number of nitrogens with zero attached hydrogens (tertiary/aromatic N) is 5. The number of morpholine rings is 1. The molecule has 1 unspecified atom stereocenters. The number of rotatable bonds is 4. The van der Waals surface area contributed by atoms with Crippen molar-refractivity contribution in [3.8, 4) is 0 Å². The third kappa shape index (κ3) is 3.84. The standard InChI is InChI=1S/C17H28N6O/c1-12(2)23-7-6-13(21-23)10-22-8-9-24-14(11-22)15-18-16(20-19-15)17(3,4)5/h6-7,12,14H,8-11H2,1-5H3,(H,18,19,20). The van der Waals surface area contributed by atoms with E-state index in [1.54, 1.807) is 0 Å². The summed E-state index contributed by atoms with van der Waals surface area (Å²) in [6.45, 7) is 13.8. The molecule has 0 saturated carbocycles. The molecule has 1 fully saturated rings. The first-order valence-corrected chi connectivity index (χ1v) is 8.63. The van der Waals surface area contributed by atoms with Crippen molar-refractivity contribution in [3.05, 3.63) is 29.6 Å². The SMILES string of the molecule is CC(C)n1ccc(CN2CCOC(c3nc(C(C)(C)C)n[nH]3)C2)n1. The number of hydrogen-bond acceptors (Lipinski definition) is 5. The molecule has 1 saturated heterocycles. The Morgan fingerprint density at radius 1 is 1.38 bits per heavy atom. The van der Waals surface area contributed by atoms with Crippen molar-refractivity contribution in [3.63, 3.8) is 0 Å². The van der Waals surface area contributed by atoms with Crippen LogP contribution in [0.2, 0.25) is 0 Å². The van der Waals surface area contributed by atoms with Crippen molar-refractivity contribution in [1.82, 2.24) is 29.9 Å². The number of ether oxygens (including phenoxy) is 1. The lowest BCUT2D eigenvalue weighted by molar-refractivity contribution is -0.0375. The number of nitrogens with one attached hydrogen (secondary N) is 1. The van der Waals surface area contributed by atoms with Crippen LogP contribution in [0.15, 0.2) is 12.3 Å². The van der Waals surface area contributed by atoms with Gasteiger partial charge in [0, 0.05) is 37.3 Å². The second-order valence-electron chi connectivity index (χ2n) is 7.77. The van der Waals surface area contributed by atoms with Gasteiger partial charge in [-0.15, -0.1) is 0 Å². The van der Waals surface area contributed by atoms with Gasteiger partial charge in [0.05, 0.1) is 12.3 Å². The minimum atomic E-state index is -0.0627. The third-order valence-corrected chi connectivity index (χ3v) is 4.21. The smallest absolute Gasteiger partial charge is 0.156 e. The zero-order valence-corrected chi connectivity index (χ0v) is 15.3. The Morgan fingerprint density at radius 3 is 2.79 bits per heavy atom. The summed E-state index contributed by atoms with van der Waals surface area (Å²) < 4.78 is 7.90. The van der Waals surface area contributed by atoms with Gasteiger partial charge in [-0.2, -0.15) is 10.2 Å². The average Bonchev–Trinajstić information content (AvgIpc) is 3.16. The van der Waals surface area contributed by atoms with E-state index < -0.39 is 0 Å². The largest absolute Gasteiger partial charge is 0.368 e. The Morgan fingerprint density at radius 2 is 2.17 bits per heavy atom. The number of H-pyrrole nitrogens is 1. The van der Waals surface area contributed by atoms with Gasteiger partial charge < -0.3 is 4.74 Å². The van der Waals surface area contributed by atoms with Crippen molar-refractivity contribution in [2.75, 3.05) is 19.7 Å². The van der Waals surface area contributed by atoms with Gasteiger partial charge in [-0.25, -0.2) is 4.98 Å². The quantitative estimate of drug-likeness (QED) is 0.931. The first kappa shape index (κ1) is 17.1. The van der Waals surface area contributed by atoms with Crippen molar-refractivity contribution in [2.45, 2.75) is 58.7 Å². The van der Waals surface area contributed by atoms with Crippen LogP contribution >= 0.6 is 0 Å². The lowest BCUT2D eigenvalue weighted by atomic mass is 9.96. The van der Waals surface area contributed by atoms with Gasteiger partial charge in [-0.05, 0) is 19.9 Å². The Bertz CT molecular complexity index is 669. The summed E-state index contributed by atoms with van der Waals surface area (Å²) in [7, 11) is 0. The van der Waals surface area contributed by atoms with E-state index in [1.165, 1.54) is 0 Å². The Kier molecular flexibility index (Phi) is 4.73. The highest BCUT2D eigenvalue weighted by molar-refractivity contribution is 5.05. The number of aromatic nitrogens is 5. The fourth-order valence-electron chi connectivity index (χ4n) is 2.74. The van der Waals surface area contributed by atoms with Crippen LogP contribution in [-0.4, -0.2) is 49.6 Å². The minimum absolute atomic E-state index is 0.0606. The molecule has 1 N–H and O–H groups in total. The molecule has 7 nitrogen and oxygen atoms in total. The van der Waals surface area contributed by atoms with Crippen LogP contribution in [0.1, 0.15) is 64.1 Å². The molecular formula is C17H28N6O. The predicted octanol–water partition coefficient (Wildman–Crippen LogP) is 2.45. The van der Waals surface area contributed by atoms with E-state index in [0.29, 0.717) is 12.6 Å². The molecule has 2 aromatic rings. The molecule has 3 heterocycles. The molecule has 24 heavy (non-hydrogen) atoms. The second kappa shape index (κ2) is 6.64. The van der Waals surface area contributed by atoms with Crippen LogP contribution in [0, 0.1) is 0 Å². The van der Waals surface area contributed by atoms with Crippen molar-refractivity contribution >= 4 is 0 Å². The van der Waals surface area contributed by atoms with Gasteiger partial charge >= 0.3 is 0 Å². The molecule has 1 aliphatic rings. The summed E-state index contributed by atoms with van der Waals surface area (Å²) in [5, 5.41) is 12.0. The van der Waals surface area contributed by atoms with E-state index >= 15 is 0 Å². The van der Waals surface area contributed by atoms with Gasteiger partial charge in [0.25, 0.3) is 0 Å². The van der Waals surface area contributed by atoms with Crippen LogP contribution in [0.4, 0.5) is 0 Å². The fourth-order valence-corrected chi connectivity index (χ4v) is 2.74. The first-order valence-electron chi connectivity index (χ1n) is 8.63. The van der Waals surface area contributed by atoms with Crippen molar-refractivity contribution < 1.29 is 4.74 Å². The van der Waals surface area contributed by atoms with E-state index in [-0.39, 0.29) is 11.5 Å². The summed E-state index contributed by atoms with van der Waals surface area (Å²) in [6.07, 6.45) is 1.99. The summed E-state index contributed by atoms with van der Waals surface area (Å²) >= 11 is 0. The summed E-state index contributed by atoms with van der Waals surface area (Å²) in [6, 6.07) is 2.48. The third-order valence-electron chi connectivity index (χ3n) is 4.21. The normalized spacial score (nSPS) is 20.0. The molecule has 7 heteroatoms. The maximum atomic E-state index is 5.90. The Balaban J connectivity index is 1.64. The summed E-state index contributed by atoms with van der Waals surface area (Å²) in [5.74, 6) is 1.64. The number of hydrogen-bond donors (Lipinski definition) is 1. The Labute approximate surface area is 143 Å². The van der Waals surface area contributed by atoms with E-state index in [1.807, 2.05) is 10.9 Å².